The van der Waals surface area contributed by atoms with E-state index >= 15 is 0 Å². The van der Waals surface area contributed by atoms with Crippen LogP contribution in [0.5, 0.6) is 0 Å². The van der Waals surface area contributed by atoms with Gasteiger partial charge in [0.25, 0.3) is 11.8 Å². The van der Waals surface area contributed by atoms with Gasteiger partial charge in [-0.25, -0.2) is 8.42 Å². The highest BCUT2D eigenvalue weighted by atomic mass is 32.2. The van der Waals surface area contributed by atoms with Gasteiger partial charge in [-0.15, -0.1) is 0 Å². The van der Waals surface area contributed by atoms with Gasteiger partial charge < -0.3 is 4.90 Å². The van der Waals surface area contributed by atoms with E-state index in [1.807, 2.05) is 12.1 Å². The van der Waals surface area contributed by atoms with Gasteiger partial charge in [-0.2, -0.15) is 4.31 Å². The van der Waals surface area contributed by atoms with Crippen molar-refractivity contribution in [3.05, 3.63) is 65.2 Å². The fourth-order valence-corrected chi connectivity index (χ4v) is 5.86. The molecule has 0 N–H and O–H groups in total. The summed E-state index contributed by atoms with van der Waals surface area (Å²) in [6.45, 7) is 6.40. The van der Waals surface area contributed by atoms with Crippen molar-refractivity contribution in [3.63, 3.8) is 0 Å². The number of carbonyl (C=O) groups excluding carboxylic acids is 3. The number of nitrogens with zero attached hydrogens (tertiary/aromatic N) is 3. The molecule has 0 aromatic heterocycles. The quantitative estimate of drug-likeness (QED) is 0.589. The molecule has 0 radical (unpaired) electrons. The third-order valence-electron chi connectivity index (χ3n) is 6.82. The van der Waals surface area contributed by atoms with Crippen molar-refractivity contribution < 1.29 is 22.8 Å². The van der Waals surface area contributed by atoms with Crippen LogP contribution in [0, 0.1) is 0 Å². The Morgan fingerprint density at radius 3 is 1.91 bits per heavy atom. The predicted molar refractivity (Wildman–Crippen MR) is 127 cm³/mol. The van der Waals surface area contributed by atoms with E-state index in [1.54, 1.807) is 36.4 Å². The summed E-state index contributed by atoms with van der Waals surface area (Å²) in [5, 5.41) is 0. The first kappa shape index (κ1) is 24.1. The average molecular weight is 484 g/mol. The Morgan fingerprint density at radius 1 is 0.882 bits per heavy atom. The molecule has 2 aromatic rings. The minimum absolute atomic E-state index is 0.149. The van der Waals surface area contributed by atoms with Gasteiger partial charge in [0, 0.05) is 26.2 Å². The van der Waals surface area contributed by atoms with Gasteiger partial charge in [0.2, 0.25) is 15.9 Å². The first-order valence-electron chi connectivity index (χ1n) is 11.5. The highest BCUT2D eigenvalue weighted by Crippen LogP contribution is 2.26. The summed E-state index contributed by atoms with van der Waals surface area (Å²) < 4.78 is 27.6. The molecule has 0 saturated carbocycles. The predicted octanol–water partition coefficient (Wildman–Crippen LogP) is 2.72. The standard InChI is InChI=1S/C25H29N3O5S/c1-4-17(2)19-9-11-20(12-10-19)34(32,33)27-15-13-26(14-16-27)23(29)18(3)28-24(30)21-7-5-6-8-22(21)25(28)31/h5-12,17-18H,4,13-16H2,1-3H3. The molecule has 34 heavy (non-hydrogen) atoms. The maximum absolute atomic E-state index is 13.1. The van der Waals surface area contributed by atoms with Crippen LogP contribution >= 0.6 is 0 Å². The number of sulfonamides is 1. The molecule has 3 amide bonds. The zero-order valence-corrected chi connectivity index (χ0v) is 20.4. The number of piperazine rings is 1. The second kappa shape index (κ2) is 9.31. The van der Waals surface area contributed by atoms with Gasteiger partial charge in [0.05, 0.1) is 16.0 Å². The molecule has 2 atom stereocenters. The lowest BCUT2D eigenvalue weighted by atomic mass is 9.99. The van der Waals surface area contributed by atoms with Gasteiger partial charge in [-0.05, 0) is 49.1 Å². The summed E-state index contributed by atoms with van der Waals surface area (Å²) in [5.74, 6) is -0.980. The molecule has 2 aromatic carbocycles. The van der Waals surface area contributed by atoms with Gasteiger partial charge in [-0.1, -0.05) is 38.1 Å². The van der Waals surface area contributed by atoms with Crippen molar-refractivity contribution in [2.45, 2.75) is 44.0 Å². The molecule has 0 aliphatic carbocycles. The Labute approximate surface area is 200 Å². The van der Waals surface area contributed by atoms with Crippen molar-refractivity contribution in [3.8, 4) is 0 Å². The molecule has 9 heteroatoms. The minimum atomic E-state index is -3.67. The maximum atomic E-state index is 13.1. The average Bonchev–Trinajstić information content (AvgIpc) is 3.12. The van der Waals surface area contributed by atoms with Gasteiger partial charge >= 0.3 is 0 Å². The van der Waals surface area contributed by atoms with Crippen LogP contribution in [0.4, 0.5) is 0 Å². The van der Waals surface area contributed by atoms with Crippen LogP contribution in [-0.2, 0) is 14.8 Å². The number of fused-ring (bicyclic) bond motifs is 1. The molecule has 0 spiro atoms. The lowest BCUT2D eigenvalue weighted by Crippen LogP contribution is -2.55. The van der Waals surface area contributed by atoms with Crippen molar-refractivity contribution in [2.24, 2.45) is 0 Å². The number of amides is 3. The number of benzene rings is 2. The Kier molecular flexibility index (Phi) is 6.60. The van der Waals surface area contributed by atoms with E-state index in [9.17, 15) is 22.8 Å². The SMILES string of the molecule is CCC(C)c1ccc(S(=O)(=O)N2CCN(C(=O)C(C)N3C(=O)c4ccccc4C3=O)CC2)cc1. The number of hydrogen-bond donors (Lipinski definition) is 0. The molecule has 2 heterocycles. The summed E-state index contributed by atoms with van der Waals surface area (Å²) >= 11 is 0. The number of carbonyl (C=O) groups is 3. The molecule has 2 aliphatic rings. The van der Waals surface area contributed by atoms with E-state index < -0.39 is 27.9 Å². The molecule has 2 unspecified atom stereocenters. The third-order valence-corrected chi connectivity index (χ3v) is 8.73. The highest BCUT2D eigenvalue weighted by Gasteiger charge is 2.42. The van der Waals surface area contributed by atoms with E-state index in [2.05, 4.69) is 13.8 Å². The summed E-state index contributed by atoms with van der Waals surface area (Å²) in [5.41, 5.74) is 1.68. The fraction of sp³-hybridized carbons (Fsp3) is 0.400. The highest BCUT2D eigenvalue weighted by molar-refractivity contribution is 7.89. The molecular formula is C25H29N3O5S. The number of rotatable bonds is 6. The molecule has 4 rings (SSSR count). The van der Waals surface area contributed by atoms with E-state index in [0.717, 1.165) is 16.9 Å². The number of imide groups is 1. The van der Waals surface area contributed by atoms with Crippen molar-refractivity contribution in [1.29, 1.82) is 0 Å². The van der Waals surface area contributed by atoms with Crippen LogP contribution in [0.1, 0.15) is 59.4 Å². The largest absolute Gasteiger partial charge is 0.338 e. The lowest BCUT2D eigenvalue weighted by Gasteiger charge is -2.36. The molecule has 8 nitrogen and oxygen atoms in total. The molecular weight excluding hydrogens is 454 g/mol. The van der Waals surface area contributed by atoms with Gasteiger partial charge in [0.15, 0.2) is 0 Å². The van der Waals surface area contributed by atoms with Crippen molar-refractivity contribution in [1.82, 2.24) is 14.1 Å². The smallest absolute Gasteiger partial charge is 0.262 e. The zero-order valence-electron chi connectivity index (χ0n) is 19.6. The van der Waals surface area contributed by atoms with E-state index in [4.69, 9.17) is 0 Å². The Bertz CT molecular complexity index is 1180. The first-order chi connectivity index (χ1) is 16.2. The van der Waals surface area contributed by atoms with Crippen LogP contribution in [0.25, 0.3) is 0 Å². The topological polar surface area (TPSA) is 95.1 Å². The molecule has 1 saturated heterocycles. The maximum Gasteiger partial charge on any atom is 0.262 e. The number of hydrogen-bond acceptors (Lipinski definition) is 5. The summed E-state index contributed by atoms with van der Waals surface area (Å²) in [7, 11) is -3.67. The lowest BCUT2D eigenvalue weighted by molar-refractivity contribution is -0.136. The Morgan fingerprint density at radius 2 is 1.41 bits per heavy atom. The Balaban J connectivity index is 1.41. The van der Waals surface area contributed by atoms with Crippen LogP contribution < -0.4 is 0 Å². The second-order valence-corrected chi connectivity index (χ2v) is 10.7. The summed E-state index contributed by atoms with van der Waals surface area (Å²) in [4.78, 5) is 41.3. The monoisotopic (exact) mass is 483 g/mol. The molecule has 180 valence electrons. The fourth-order valence-electron chi connectivity index (χ4n) is 4.44. The molecule has 1 fully saturated rings. The van der Waals surface area contributed by atoms with Gasteiger partial charge in [0.1, 0.15) is 6.04 Å². The van der Waals surface area contributed by atoms with Crippen LogP contribution in [-0.4, -0.2) is 72.5 Å². The van der Waals surface area contributed by atoms with Crippen LogP contribution in [0.3, 0.4) is 0 Å². The minimum Gasteiger partial charge on any atom is -0.338 e. The van der Waals surface area contributed by atoms with E-state index in [1.165, 1.54) is 16.1 Å². The molecule has 2 aliphatic heterocycles. The zero-order chi connectivity index (χ0) is 24.6. The summed E-state index contributed by atoms with van der Waals surface area (Å²) in [6.07, 6.45) is 0.973. The molecule has 0 bridgehead atoms. The van der Waals surface area contributed by atoms with Crippen LogP contribution in [0.2, 0.25) is 0 Å². The van der Waals surface area contributed by atoms with E-state index in [-0.39, 0.29) is 37.0 Å². The normalized spacial score (nSPS) is 18.7. The second-order valence-electron chi connectivity index (χ2n) is 8.81. The first-order valence-corrected chi connectivity index (χ1v) is 13.0. The van der Waals surface area contributed by atoms with Crippen LogP contribution in [0.15, 0.2) is 53.4 Å². The van der Waals surface area contributed by atoms with Crippen molar-refractivity contribution >= 4 is 27.7 Å². The third kappa shape index (κ3) is 4.14. The van der Waals surface area contributed by atoms with E-state index in [0.29, 0.717) is 17.0 Å². The van der Waals surface area contributed by atoms with Gasteiger partial charge in [-0.3, -0.25) is 19.3 Å². The van der Waals surface area contributed by atoms with Crippen molar-refractivity contribution in [2.75, 3.05) is 26.2 Å². The summed E-state index contributed by atoms with van der Waals surface area (Å²) in [6, 6.07) is 12.5. The Hall–Kier alpha value is -3.04.